The Morgan fingerprint density at radius 3 is 1.60 bits per heavy atom. The topological polar surface area (TPSA) is 57.4 Å². The second kappa shape index (κ2) is 9.24. The van der Waals surface area contributed by atoms with Crippen molar-refractivity contribution in [3.8, 4) is 34.6 Å². The molecule has 0 saturated carbocycles. The number of nitrogens with zero attached hydrogens (tertiary/aromatic N) is 4. The number of aromatic nitrogens is 2. The molecular weight excluding hydrogens is 512 g/mol. The Labute approximate surface area is 242 Å². The fourth-order valence-electron chi connectivity index (χ4n) is 6.36. The smallest absolute Gasteiger partial charge is 0.103 e. The number of hydrogen-bond donors (Lipinski definition) is 0. The van der Waals surface area contributed by atoms with Gasteiger partial charge in [0.25, 0.3) is 0 Å². The lowest BCUT2D eigenvalue weighted by Gasteiger charge is -2.11. The van der Waals surface area contributed by atoms with Crippen LogP contribution in [0.4, 0.5) is 0 Å². The second-order valence-corrected chi connectivity index (χ2v) is 10.4. The van der Waals surface area contributed by atoms with Crippen LogP contribution in [0.1, 0.15) is 11.1 Å². The predicted octanol–water partition coefficient (Wildman–Crippen LogP) is 9.29. The summed E-state index contributed by atoms with van der Waals surface area (Å²) >= 11 is 0. The molecule has 42 heavy (non-hydrogen) atoms. The van der Waals surface area contributed by atoms with E-state index in [0.29, 0.717) is 16.8 Å². The molecule has 8 aromatic rings. The highest BCUT2D eigenvalue weighted by molar-refractivity contribution is 6.12. The molecule has 0 N–H and O–H groups in total. The molecule has 0 aliphatic heterocycles. The molecule has 6 aromatic carbocycles. The first-order valence-corrected chi connectivity index (χ1v) is 13.8. The minimum absolute atomic E-state index is 0.375. The minimum Gasteiger partial charge on any atom is -0.309 e. The third kappa shape index (κ3) is 3.40. The van der Waals surface area contributed by atoms with E-state index in [-0.39, 0.29) is 0 Å². The largest absolute Gasteiger partial charge is 0.309 e. The monoisotopic (exact) mass is 534 g/mol. The van der Waals surface area contributed by atoms with Crippen molar-refractivity contribution in [1.82, 2.24) is 9.13 Å². The van der Waals surface area contributed by atoms with E-state index >= 15 is 0 Å². The second-order valence-electron chi connectivity index (χ2n) is 10.4. The Balaban J connectivity index is 1.36. The van der Waals surface area contributed by atoms with Gasteiger partial charge in [-0.15, -0.1) is 0 Å². The van der Waals surface area contributed by atoms with Crippen molar-refractivity contribution in [2.75, 3.05) is 0 Å². The molecule has 4 nitrogen and oxygen atoms in total. The summed E-state index contributed by atoms with van der Waals surface area (Å²) < 4.78 is 4.43. The Bertz CT molecular complexity index is 2430. The summed E-state index contributed by atoms with van der Waals surface area (Å²) in [4.78, 5) is 0. The zero-order valence-corrected chi connectivity index (χ0v) is 22.5. The first-order chi connectivity index (χ1) is 20.8. The molecule has 4 heteroatoms. The average molecular weight is 535 g/mol. The van der Waals surface area contributed by atoms with Gasteiger partial charge in [-0.1, -0.05) is 72.8 Å². The van der Waals surface area contributed by atoms with Gasteiger partial charge in [0.05, 0.1) is 38.9 Å². The predicted molar refractivity (Wildman–Crippen MR) is 170 cm³/mol. The highest BCUT2D eigenvalue weighted by atomic mass is 15.0. The van der Waals surface area contributed by atoms with Crippen molar-refractivity contribution in [2.24, 2.45) is 0 Å². The van der Waals surface area contributed by atoms with Crippen LogP contribution in [0.25, 0.3) is 66.1 Å². The number of nitriles is 2. The minimum atomic E-state index is 0.375. The molecular formula is C38H22N4. The van der Waals surface area contributed by atoms with Crippen LogP contribution >= 0.6 is 0 Å². The maximum atomic E-state index is 9.99. The zero-order chi connectivity index (χ0) is 28.2. The molecule has 2 aromatic heterocycles. The number of benzene rings is 6. The lowest BCUT2D eigenvalue weighted by molar-refractivity contribution is 1.16. The van der Waals surface area contributed by atoms with E-state index in [9.17, 15) is 10.5 Å². The number of fused-ring (bicyclic) bond motifs is 6. The van der Waals surface area contributed by atoms with Gasteiger partial charge in [0.1, 0.15) is 12.1 Å². The van der Waals surface area contributed by atoms with E-state index in [1.54, 1.807) is 6.07 Å². The van der Waals surface area contributed by atoms with E-state index in [1.807, 2.05) is 30.3 Å². The van der Waals surface area contributed by atoms with Gasteiger partial charge in [-0.05, 0) is 71.8 Å². The molecule has 0 aliphatic rings. The van der Waals surface area contributed by atoms with Crippen LogP contribution in [0.3, 0.4) is 0 Å². The fourth-order valence-corrected chi connectivity index (χ4v) is 6.36. The quantitative estimate of drug-likeness (QED) is 0.227. The van der Waals surface area contributed by atoms with E-state index in [1.165, 1.54) is 21.8 Å². The van der Waals surface area contributed by atoms with Gasteiger partial charge in [-0.3, -0.25) is 0 Å². The van der Waals surface area contributed by atoms with Crippen LogP contribution in [0.5, 0.6) is 0 Å². The van der Waals surface area contributed by atoms with Crippen molar-refractivity contribution in [3.05, 3.63) is 145 Å². The third-order valence-corrected chi connectivity index (χ3v) is 8.21. The maximum Gasteiger partial charge on any atom is 0.103 e. The Morgan fingerprint density at radius 2 is 0.976 bits per heavy atom. The van der Waals surface area contributed by atoms with Crippen molar-refractivity contribution in [1.29, 1.82) is 10.5 Å². The van der Waals surface area contributed by atoms with Crippen LogP contribution in [0.2, 0.25) is 0 Å². The molecule has 0 fully saturated rings. The summed E-state index contributed by atoms with van der Waals surface area (Å²) in [5.41, 5.74) is 9.22. The summed E-state index contributed by atoms with van der Waals surface area (Å²) in [6.45, 7) is 0. The summed E-state index contributed by atoms with van der Waals surface area (Å²) in [5, 5.41) is 24.3. The van der Waals surface area contributed by atoms with Gasteiger partial charge in [0.15, 0.2) is 0 Å². The number of hydrogen-bond acceptors (Lipinski definition) is 2. The third-order valence-electron chi connectivity index (χ3n) is 8.21. The van der Waals surface area contributed by atoms with Crippen LogP contribution < -0.4 is 0 Å². The van der Waals surface area contributed by atoms with Crippen molar-refractivity contribution < 1.29 is 0 Å². The maximum absolute atomic E-state index is 9.99. The highest BCUT2D eigenvalue weighted by Crippen LogP contribution is 2.38. The fraction of sp³-hybridized carbons (Fsp3) is 0. The lowest BCUT2D eigenvalue weighted by Crippen LogP contribution is -1.99. The summed E-state index contributed by atoms with van der Waals surface area (Å²) in [6.07, 6.45) is 0. The molecule has 194 valence electrons. The van der Waals surface area contributed by atoms with E-state index in [4.69, 9.17) is 0 Å². The summed E-state index contributed by atoms with van der Waals surface area (Å²) in [6, 6.07) is 50.4. The summed E-state index contributed by atoms with van der Waals surface area (Å²) in [7, 11) is 0. The van der Waals surface area contributed by atoms with Crippen LogP contribution in [0.15, 0.2) is 133 Å². The Kier molecular flexibility index (Phi) is 5.22. The van der Waals surface area contributed by atoms with Gasteiger partial charge >= 0.3 is 0 Å². The van der Waals surface area contributed by atoms with Crippen molar-refractivity contribution >= 4 is 43.6 Å². The first kappa shape index (κ1) is 23.8. The Morgan fingerprint density at radius 1 is 0.429 bits per heavy atom. The highest BCUT2D eigenvalue weighted by Gasteiger charge is 2.18. The van der Waals surface area contributed by atoms with E-state index < -0.39 is 0 Å². The van der Waals surface area contributed by atoms with Crippen molar-refractivity contribution in [2.45, 2.75) is 0 Å². The normalized spacial score (nSPS) is 11.3. The zero-order valence-electron chi connectivity index (χ0n) is 22.5. The van der Waals surface area contributed by atoms with Gasteiger partial charge in [-0.25, -0.2) is 0 Å². The van der Waals surface area contributed by atoms with Gasteiger partial charge in [0.2, 0.25) is 0 Å². The molecule has 0 spiro atoms. The molecule has 0 unspecified atom stereocenters. The first-order valence-electron chi connectivity index (χ1n) is 13.8. The van der Waals surface area contributed by atoms with Crippen LogP contribution in [-0.4, -0.2) is 9.13 Å². The molecule has 0 amide bonds. The van der Waals surface area contributed by atoms with Gasteiger partial charge < -0.3 is 9.13 Å². The summed E-state index contributed by atoms with van der Waals surface area (Å²) in [5.74, 6) is 0. The molecule has 8 rings (SSSR count). The standard InChI is InChI=1S/C38H22N4/c39-23-27-9-8-16-36(33(27)24-40)42-35-15-7-5-13-30(35)32-22-26(18-20-38(32)42)25-17-19-37-31(21-25)29-12-4-6-14-34(29)41(37)28-10-2-1-3-11-28/h1-22H. The number of rotatable bonds is 3. The van der Waals surface area contributed by atoms with Gasteiger partial charge in [0, 0.05) is 27.2 Å². The molecule has 0 bridgehead atoms. The molecule has 0 aliphatic carbocycles. The molecule has 0 radical (unpaired) electrons. The van der Waals surface area contributed by atoms with Crippen molar-refractivity contribution in [3.63, 3.8) is 0 Å². The number of para-hydroxylation sites is 3. The van der Waals surface area contributed by atoms with E-state index in [2.05, 4.69) is 118 Å². The van der Waals surface area contributed by atoms with E-state index in [0.717, 1.165) is 38.6 Å². The molecule has 2 heterocycles. The molecule has 0 atom stereocenters. The lowest BCUT2D eigenvalue weighted by atomic mass is 10.0. The van der Waals surface area contributed by atoms with Gasteiger partial charge in [-0.2, -0.15) is 10.5 Å². The molecule has 0 saturated heterocycles. The SMILES string of the molecule is N#Cc1cccc(-n2c3ccccc3c3cc(-c4ccc5c(c4)c4ccccc4n5-c4ccccc4)ccc32)c1C#N. The average Bonchev–Trinajstić information content (AvgIpc) is 3.57. The van der Waals surface area contributed by atoms with Crippen LogP contribution in [-0.2, 0) is 0 Å². The van der Waals surface area contributed by atoms with Crippen LogP contribution in [0, 0.1) is 22.7 Å². The Hall–Kier alpha value is -6.10.